The van der Waals surface area contributed by atoms with Crippen molar-refractivity contribution in [1.29, 1.82) is 0 Å². The van der Waals surface area contributed by atoms with Crippen LogP contribution in [0.5, 0.6) is 0 Å². The Labute approximate surface area is 407 Å². The summed E-state index contributed by atoms with van der Waals surface area (Å²) in [5.74, 6) is 0.215. The lowest BCUT2D eigenvalue weighted by molar-refractivity contribution is 0.656. The summed E-state index contributed by atoms with van der Waals surface area (Å²) in [6.07, 6.45) is 1.78. The second-order valence-corrected chi connectivity index (χ2v) is 20.0. The number of benzene rings is 11. The molecular weight excluding hydrogens is 847 g/mol. The van der Waals surface area contributed by atoms with Gasteiger partial charge in [-0.3, -0.25) is 0 Å². The normalized spacial score (nSPS) is 13.5. The van der Waals surface area contributed by atoms with Gasteiger partial charge in [0.15, 0.2) is 0 Å². The fourth-order valence-corrected chi connectivity index (χ4v) is 12.2. The zero-order valence-corrected chi connectivity index (χ0v) is 39.3. The van der Waals surface area contributed by atoms with E-state index in [1.807, 2.05) is 0 Å². The quantitative estimate of drug-likeness (QED) is 0.139. The first kappa shape index (κ1) is 40.6. The SMILES string of the molecule is CC1(C)c2ccccc2-c2c(CC(Cc3cccc4oc5ccc(-c6ccc7c(c6)c6ccccc6n7-c6ccc7ccc8ccccc8c7c6)cc5c34)c3ccc(-c4ccccc4)cc3)cccc21. The maximum Gasteiger partial charge on any atom is 0.135 e. The highest BCUT2D eigenvalue weighted by Crippen LogP contribution is 2.51. The average Bonchev–Trinajstić information content (AvgIpc) is 4.04. The van der Waals surface area contributed by atoms with Gasteiger partial charge in [-0.25, -0.2) is 0 Å². The number of hydrogen-bond donors (Lipinski definition) is 0. The number of rotatable bonds is 8. The van der Waals surface area contributed by atoms with E-state index in [-0.39, 0.29) is 11.3 Å². The Morgan fingerprint density at radius 3 is 1.91 bits per heavy atom. The molecule has 2 aromatic heterocycles. The third-order valence-electron chi connectivity index (χ3n) is 15.7. The van der Waals surface area contributed by atoms with Crippen LogP contribution in [0.15, 0.2) is 235 Å². The van der Waals surface area contributed by atoms with Crippen molar-refractivity contribution in [2.45, 2.75) is 38.0 Å². The molecule has 2 nitrogen and oxygen atoms in total. The maximum atomic E-state index is 6.71. The first-order chi connectivity index (χ1) is 34.4. The van der Waals surface area contributed by atoms with Crippen LogP contribution in [0.25, 0.3) is 104 Å². The molecule has 0 aliphatic heterocycles. The second kappa shape index (κ2) is 15.8. The molecule has 14 rings (SSSR count). The van der Waals surface area contributed by atoms with Gasteiger partial charge in [0.1, 0.15) is 11.2 Å². The Morgan fingerprint density at radius 1 is 0.414 bits per heavy atom. The van der Waals surface area contributed by atoms with Gasteiger partial charge in [-0.15, -0.1) is 0 Å². The molecule has 1 atom stereocenters. The highest BCUT2D eigenvalue weighted by molar-refractivity contribution is 6.13. The monoisotopic (exact) mass is 895 g/mol. The zero-order valence-electron chi connectivity index (χ0n) is 39.3. The van der Waals surface area contributed by atoms with Crippen LogP contribution in [-0.2, 0) is 18.3 Å². The molecule has 11 aromatic carbocycles. The molecule has 1 unspecified atom stereocenters. The van der Waals surface area contributed by atoms with Gasteiger partial charge in [-0.2, -0.15) is 0 Å². The minimum Gasteiger partial charge on any atom is -0.456 e. The van der Waals surface area contributed by atoms with E-state index in [9.17, 15) is 0 Å². The van der Waals surface area contributed by atoms with Crippen molar-refractivity contribution in [1.82, 2.24) is 4.57 Å². The number of hydrogen-bond acceptors (Lipinski definition) is 1. The number of aromatic nitrogens is 1. The molecule has 70 heavy (non-hydrogen) atoms. The smallest absolute Gasteiger partial charge is 0.135 e. The molecule has 0 spiro atoms. The van der Waals surface area contributed by atoms with Gasteiger partial charge in [0, 0.05) is 32.6 Å². The molecule has 1 aliphatic rings. The molecule has 0 N–H and O–H groups in total. The van der Waals surface area contributed by atoms with Gasteiger partial charge in [-0.1, -0.05) is 196 Å². The van der Waals surface area contributed by atoms with Crippen LogP contribution in [0, 0.1) is 0 Å². The molecule has 0 bridgehead atoms. The Morgan fingerprint density at radius 2 is 1.04 bits per heavy atom. The van der Waals surface area contributed by atoms with Gasteiger partial charge in [0.25, 0.3) is 0 Å². The third kappa shape index (κ3) is 6.40. The minimum atomic E-state index is -0.0532. The lowest BCUT2D eigenvalue weighted by Gasteiger charge is -2.23. The van der Waals surface area contributed by atoms with Gasteiger partial charge < -0.3 is 8.98 Å². The van der Waals surface area contributed by atoms with Gasteiger partial charge in [-0.05, 0) is 150 Å². The fraction of sp³-hybridized carbons (Fsp3) is 0.0882. The van der Waals surface area contributed by atoms with E-state index in [1.54, 1.807) is 0 Å². The number of fused-ring (bicyclic) bond motifs is 12. The summed E-state index contributed by atoms with van der Waals surface area (Å²) in [4.78, 5) is 0. The van der Waals surface area contributed by atoms with E-state index in [4.69, 9.17) is 4.42 Å². The molecule has 0 amide bonds. The van der Waals surface area contributed by atoms with E-state index >= 15 is 0 Å². The van der Waals surface area contributed by atoms with Crippen molar-refractivity contribution in [2.75, 3.05) is 0 Å². The Balaban J connectivity index is 0.877. The van der Waals surface area contributed by atoms with Crippen molar-refractivity contribution in [2.24, 2.45) is 0 Å². The lowest BCUT2D eigenvalue weighted by Crippen LogP contribution is -2.15. The first-order valence-corrected chi connectivity index (χ1v) is 24.7. The molecular formula is C68H49NO. The predicted octanol–water partition coefficient (Wildman–Crippen LogP) is 18.2. The van der Waals surface area contributed by atoms with Crippen LogP contribution in [0.4, 0.5) is 0 Å². The highest BCUT2D eigenvalue weighted by Gasteiger charge is 2.36. The molecule has 0 saturated heterocycles. The highest BCUT2D eigenvalue weighted by atomic mass is 16.3. The van der Waals surface area contributed by atoms with E-state index < -0.39 is 0 Å². The average molecular weight is 896 g/mol. The summed E-state index contributed by atoms with van der Waals surface area (Å²) in [7, 11) is 0. The molecule has 1 aliphatic carbocycles. The number of nitrogens with zero attached hydrogens (tertiary/aromatic N) is 1. The van der Waals surface area contributed by atoms with Crippen LogP contribution in [0.1, 0.15) is 47.6 Å². The molecule has 2 heterocycles. The molecule has 0 radical (unpaired) electrons. The summed E-state index contributed by atoms with van der Waals surface area (Å²) < 4.78 is 9.15. The molecule has 2 heteroatoms. The topological polar surface area (TPSA) is 18.1 Å². The number of para-hydroxylation sites is 1. The maximum absolute atomic E-state index is 6.71. The summed E-state index contributed by atoms with van der Waals surface area (Å²) in [6.45, 7) is 4.76. The Hall–Kier alpha value is -8.46. The lowest BCUT2D eigenvalue weighted by atomic mass is 9.80. The molecule has 0 saturated carbocycles. The van der Waals surface area contributed by atoms with Crippen molar-refractivity contribution in [3.05, 3.63) is 258 Å². The van der Waals surface area contributed by atoms with E-state index in [0.29, 0.717) is 0 Å². The Kier molecular flexibility index (Phi) is 9.16. The van der Waals surface area contributed by atoms with Crippen molar-refractivity contribution < 1.29 is 4.42 Å². The first-order valence-electron chi connectivity index (χ1n) is 24.7. The van der Waals surface area contributed by atoms with E-state index in [0.717, 1.165) is 35.1 Å². The third-order valence-corrected chi connectivity index (χ3v) is 15.7. The van der Waals surface area contributed by atoms with Gasteiger partial charge in [0.2, 0.25) is 0 Å². The van der Waals surface area contributed by atoms with Crippen LogP contribution < -0.4 is 0 Å². The standard InChI is InChI=1S/C68H49NO/c1-68(2)60-22-10-8-21-56(60)66-50(17-12-23-61(66)68)38-52(45-28-26-44(27-29-45)43-14-4-3-5-15-43)39-51-18-13-25-65-67(51)59-41-49(34-37-64(59)70-65)48-33-36-63-58(40-48)55-20-9-11-24-62(55)69(63)53-35-32-47-31-30-46-16-6-7-19-54(46)57(47)42-53/h3-37,40-42,52H,38-39H2,1-2H3. The Bertz CT molecular complexity index is 4200. The zero-order chi connectivity index (χ0) is 46.5. The van der Waals surface area contributed by atoms with Crippen LogP contribution in [-0.4, -0.2) is 4.57 Å². The van der Waals surface area contributed by atoms with Crippen LogP contribution in [0.3, 0.4) is 0 Å². The molecule has 332 valence electrons. The van der Waals surface area contributed by atoms with Gasteiger partial charge >= 0.3 is 0 Å². The van der Waals surface area contributed by atoms with E-state index in [1.165, 1.54) is 110 Å². The number of furan rings is 1. The molecule has 13 aromatic rings. The molecule has 0 fully saturated rings. The summed E-state index contributed by atoms with van der Waals surface area (Å²) >= 11 is 0. The fourth-order valence-electron chi connectivity index (χ4n) is 12.2. The minimum absolute atomic E-state index is 0.0532. The summed E-state index contributed by atoms with van der Waals surface area (Å²) in [6, 6.07) is 85.4. The van der Waals surface area contributed by atoms with Crippen molar-refractivity contribution in [3.8, 4) is 39.1 Å². The summed E-state index contributed by atoms with van der Waals surface area (Å²) in [5.41, 5.74) is 19.9. The van der Waals surface area contributed by atoms with Crippen molar-refractivity contribution >= 4 is 65.3 Å². The predicted molar refractivity (Wildman–Crippen MR) is 295 cm³/mol. The second-order valence-electron chi connectivity index (χ2n) is 20.0. The van der Waals surface area contributed by atoms with Crippen LogP contribution in [0.2, 0.25) is 0 Å². The van der Waals surface area contributed by atoms with E-state index in [2.05, 4.69) is 249 Å². The largest absolute Gasteiger partial charge is 0.456 e. The van der Waals surface area contributed by atoms with Crippen LogP contribution >= 0.6 is 0 Å². The summed E-state index contributed by atoms with van der Waals surface area (Å²) in [5, 5.41) is 9.89. The van der Waals surface area contributed by atoms with Gasteiger partial charge in [0.05, 0.1) is 11.0 Å². The van der Waals surface area contributed by atoms with Crippen molar-refractivity contribution in [3.63, 3.8) is 0 Å².